The monoisotopic (exact) mass is 588 g/mol. The molecule has 0 radical (unpaired) electrons. The summed E-state index contributed by atoms with van der Waals surface area (Å²) in [5.41, 5.74) is -4.52. The van der Waals surface area contributed by atoms with E-state index in [9.17, 15) is 61.1 Å². The summed E-state index contributed by atoms with van der Waals surface area (Å²) in [6, 6.07) is 8.96. The summed E-state index contributed by atoms with van der Waals surface area (Å²) in [4.78, 5) is -0.0454. The van der Waals surface area contributed by atoms with Crippen LogP contribution in [0.2, 0.25) is 0 Å². The van der Waals surface area contributed by atoms with E-state index in [2.05, 4.69) is 0 Å². The van der Waals surface area contributed by atoms with Gasteiger partial charge in [0.15, 0.2) is 46.5 Å². The van der Waals surface area contributed by atoms with Gasteiger partial charge in [0.05, 0.1) is 20.9 Å². The second-order valence-electron chi connectivity index (χ2n) is 7.30. The highest BCUT2D eigenvalue weighted by atomic mass is 32.2. The molecule has 0 aliphatic carbocycles. The molecule has 0 heterocycles. The van der Waals surface area contributed by atoms with Gasteiger partial charge >= 0.3 is 0 Å². The fraction of sp³-hybridized carbons (Fsp3) is 0. The largest absolute Gasteiger partial charge is 0.219 e. The molecule has 39 heavy (non-hydrogen) atoms. The maximum atomic E-state index is 13.4. The molecule has 0 N–H and O–H groups in total. The minimum absolute atomic E-state index is 0.0227. The van der Waals surface area contributed by atoms with E-state index in [0.29, 0.717) is 0 Å². The molecule has 4 rings (SSSR count). The molecule has 0 aliphatic rings. The standard InChI is InChI=1S/C12F10.C12H8F2O2S/c13-3-1(4(14)8(18)11(21)7(3)17)2-5(15)9(19)12(22)10(20)6(2)16;13-9-1-5-11(6-2-9)17(15,16)12-7-3-10(14)4-8-12/h;1-8H. The molecular weight excluding hydrogens is 580 g/mol. The van der Waals surface area contributed by atoms with E-state index >= 15 is 0 Å². The van der Waals surface area contributed by atoms with Gasteiger partial charge in [0.2, 0.25) is 21.5 Å². The van der Waals surface area contributed by atoms with Gasteiger partial charge in [0, 0.05) is 0 Å². The quantitative estimate of drug-likeness (QED) is 0.107. The van der Waals surface area contributed by atoms with Crippen LogP contribution in [0.3, 0.4) is 0 Å². The molecule has 0 atom stereocenters. The van der Waals surface area contributed by atoms with Crippen LogP contribution in [0.15, 0.2) is 58.3 Å². The number of sulfone groups is 1. The predicted molar refractivity (Wildman–Crippen MR) is 110 cm³/mol. The lowest BCUT2D eigenvalue weighted by Gasteiger charge is -2.11. The van der Waals surface area contributed by atoms with Crippen LogP contribution < -0.4 is 0 Å². The van der Waals surface area contributed by atoms with Crippen molar-refractivity contribution in [1.29, 1.82) is 0 Å². The molecule has 4 aromatic rings. The summed E-state index contributed by atoms with van der Waals surface area (Å²) in [5, 5.41) is 0. The Morgan fingerprint density at radius 2 is 0.538 bits per heavy atom. The number of halogens is 12. The molecule has 0 saturated carbocycles. The molecule has 0 unspecified atom stereocenters. The van der Waals surface area contributed by atoms with Gasteiger partial charge in [-0.05, 0) is 48.5 Å². The van der Waals surface area contributed by atoms with Crippen LogP contribution in [0.5, 0.6) is 0 Å². The molecule has 0 fully saturated rings. The van der Waals surface area contributed by atoms with Crippen molar-refractivity contribution in [2.24, 2.45) is 0 Å². The Labute approximate surface area is 210 Å². The number of hydrogen-bond donors (Lipinski definition) is 0. The van der Waals surface area contributed by atoms with Gasteiger partial charge in [-0.25, -0.2) is 61.1 Å². The fourth-order valence-electron chi connectivity index (χ4n) is 3.01. The second-order valence-corrected chi connectivity index (χ2v) is 9.25. The van der Waals surface area contributed by atoms with E-state index in [0.717, 1.165) is 24.3 Å². The minimum Gasteiger partial charge on any atom is -0.219 e. The molecule has 4 aromatic carbocycles. The highest BCUT2D eigenvalue weighted by Gasteiger charge is 2.34. The summed E-state index contributed by atoms with van der Waals surface area (Å²) in [5.74, 6) is -27.7. The lowest BCUT2D eigenvalue weighted by atomic mass is 10.0. The van der Waals surface area contributed by atoms with Crippen molar-refractivity contribution in [3.05, 3.63) is 118 Å². The molecular formula is C24H8F12O2S. The van der Waals surface area contributed by atoms with Crippen LogP contribution >= 0.6 is 0 Å². The third kappa shape index (κ3) is 5.44. The maximum Gasteiger partial charge on any atom is 0.206 e. The third-order valence-electron chi connectivity index (χ3n) is 4.92. The van der Waals surface area contributed by atoms with Crippen LogP contribution in [0.25, 0.3) is 11.1 Å². The molecule has 206 valence electrons. The average Bonchev–Trinajstić information content (AvgIpc) is 2.91. The van der Waals surface area contributed by atoms with Gasteiger partial charge in [-0.1, -0.05) is 0 Å². The Morgan fingerprint density at radius 3 is 0.769 bits per heavy atom. The van der Waals surface area contributed by atoms with Gasteiger partial charge < -0.3 is 0 Å². The topological polar surface area (TPSA) is 34.1 Å². The number of benzene rings is 4. The molecule has 0 spiro atoms. The molecule has 15 heteroatoms. The molecule has 2 nitrogen and oxygen atoms in total. The van der Waals surface area contributed by atoms with Crippen LogP contribution in [0, 0.1) is 69.8 Å². The summed E-state index contributed by atoms with van der Waals surface area (Å²) in [6.07, 6.45) is 0. The molecule has 0 amide bonds. The zero-order chi connectivity index (χ0) is 29.4. The number of rotatable bonds is 3. The number of hydrogen-bond acceptors (Lipinski definition) is 2. The van der Waals surface area contributed by atoms with Crippen LogP contribution in [-0.2, 0) is 9.84 Å². The van der Waals surface area contributed by atoms with E-state index in [1.807, 2.05) is 0 Å². The molecule has 0 bridgehead atoms. The SMILES string of the molecule is Fc1c(F)c(F)c(-c2c(F)c(F)c(F)c(F)c2F)c(F)c1F.O=S(=O)(c1ccc(F)cc1)c1ccc(F)cc1. The predicted octanol–water partition coefficient (Wildman–Crippen LogP) is 7.54. The van der Waals surface area contributed by atoms with Gasteiger partial charge in [0.25, 0.3) is 0 Å². The Kier molecular flexibility index (Phi) is 8.33. The Morgan fingerprint density at radius 1 is 0.333 bits per heavy atom. The first kappa shape index (κ1) is 29.5. The zero-order valence-corrected chi connectivity index (χ0v) is 19.2. The van der Waals surface area contributed by atoms with E-state index in [1.165, 1.54) is 24.3 Å². The molecule has 0 saturated heterocycles. The lowest BCUT2D eigenvalue weighted by molar-refractivity contribution is 0.370. The van der Waals surface area contributed by atoms with Crippen LogP contribution in [0.4, 0.5) is 52.7 Å². The average molecular weight is 588 g/mol. The van der Waals surface area contributed by atoms with Crippen LogP contribution in [-0.4, -0.2) is 8.42 Å². The highest BCUT2D eigenvalue weighted by molar-refractivity contribution is 7.91. The van der Waals surface area contributed by atoms with Gasteiger partial charge in [-0.2, -0.15) is 0 Å². The van der Waals surface area contributed by atoms with Crippen molar-refractivity contribution >= 4 is 9.84 Å². The van der Waals surface area contributed by atoms with Gasteiger partial charge in [-0.15, -0.1) is 0 Å². The van der Waals surface area contributed by atoms with Crippen LogP contribution in [0.1, 0.15) is 0 Å². The first-order chi connectivity index (χ1) is 18.1. The normalized spacial score (nSPS) is 11.3. The summed E-state index contributed by atoms with van der Waals surface area (Å²) in [6.45, 7) is 0. The first-order valence-corrected chi connectivity index (χ1v) is 11.4. The smallest absolute Gasteiger partial charge is 0.206 e. The van der Waals surface area contributed by atoms with E-state index < -0.39 is 90.8 Å². The molecule has 0 aliphatic heterocycles. The summed E-state index contributed by atoms with van der Waals surface area (Å²) < 4.78 is 181. The second kappa shape index (κ2) is 11.0. The van der Waals surface area contributed by atoms with Crippen molar-refractivity contribution in [2.75, 3.05) is 0 Å². The van der Waals surface area contributed by atoms with Gasteiger partial charge in [0.1, 0.15) is 11.6 Å². The van der Waals surface area contributed by atoms with Gasteiger partial charge in [-0.3, -0.25) is 0 Å². The van der Waals surface area contributed by atoms with Crippen molar-refractivity contribution < 1.29 is 61.1 Å². The Balaban J connectivity index is 0.000000223. The lowest BCUT2D eigenvalue weighted by Crippen LogP contribution is -2.10. The van der Waals surface area contributed by atoms with E-state index in [-0.39, 0.29) is 9.79 Å². The first-order valence-electron chi connectivity index (χ1n) is 9.90. The Hall–Kier alpha value is -4.01. The zero-order valence-electron chi connectivity index (χ0n) is 18.4. The van der Waals surface area contributed by atoms with Crippen molar-refractivity contribution in [2.45, 2.75) is 9.79 Å². The Bertz CT molecular complexity index is 1490. The van der Waals surface area contributed by atoms with E-state index in [1.54, 1.807) is 0 Å². The minimum atomic E-state index is -3.71. The summed E-state index contributed by atoms with van der Waals surface area (Å²) in [7, 11) is -3.71. The summed E-state index contributed by atoms with van der Waals surface area (Å²) >= 11 is 0. The molecule has 0 aromatic heterocycles. The van der Waals surface area contributed by atoms with Crippen molar-refractivity contribution in [3.8, 4) is 11.1 Å². The van der Waals surface area contributed by atoms with E-state index in [4.69, 9.17) is 0 Å². The third-order valence-corrected chi connectivity index (χ3v) is 6.70. The van der Waals surface area contributed by atoms with Crippen molar-refractivity contribution in [3.63, 3.8) is 0 Å². The fourth-order valence-corrected chi connectivity index (χ4v) is 4.27. The maximum absolute atomic E-state index is 13.4. The highest BCUT2D eigenvalue weighted by Crippen LogP contribution is 2.37. The van der Waals surface area contributed by atoms with Crippen molar-refractivity contribution in [1.82, 2.24) is 0 Å².